The van der Waals surface area contributed by atoms with Crippen molar-refractivity contribution in [3.05, 3.63) is 0 Å². The summed E-state index contributed by atoms with van der Waals surface area (Å²) in [6.07, 6.45) is 6.30. The van der Waals surface area contributed by atoms with Crippen LogP contribution in [0.2, 0.25) is 6.04 Å². The van der Waals surface area contributed by atoms with Crippen LogP contribution in [0.3, 0.4) is 0 Å². The molecule has 0 heterocycles. The number of rotatable bonds is 15. The van der Waals surface area contributed by atoms with E-state index < -0.39 is 8.80 Å². The molecule has 0 spiro atoms. The molecule has 0 atom stereocenters. The lowest BCUT2D eigenvalue weighted by Gasteiger charge is -2.24. The Balaban J connectivity index is 3.32. The molecule has 0 aliphatic rings. The minimum absolute atomic E-state index is 0.855. The molecule has 0 rings (SSSR count). The fourth-order valence-corrected chi connectivity index (χ4v) is 3.81. The minimum Gasteiger partial charge on any atom is -0.377 e. The normalized spacial score (nSPS) is 12.0. The van der Waals surface area contributed by atoms with Crippen LogP contribution >= 0.6 is 0 Å². The van der Waals surface area contributed by atoms with Gasteiger partial charge in [-0.05, 0) is 25.9 Å². The lowest BCUT2D eigenvalue weighted by atomic mass is 10.2. The lowest BCUT2D eigenvalue weighted by molar-refractivity contribution is 0.123. The van der Waals surface area contributed by atoms with Gasteiger partial charge in [-0.15, -0.1) is 0 Å². The zero-order valence-electron chi connectivity index (χ0n) is 13.8. The number of hydrogen-bond acceptors (Lipinski definition) is 5. The summed E-state index contributed by atoms with van der Waals surface area (Å²) >= 11 is 0. The molecule has 0 fully saturated rings. The van der Waals surface area contributed by atoms with Crippen LogP contribution in [0.25, 0.3) is 0 Å². The molecule has 6 heteroatoms. The van der Waals surface area contributed by atoms with Gasteiger partial charge >= 0.3 is 8.80 Å². The average Bonchev–Trinajstić information content (AvgIpc) is 2.49. The third kappa shape index (κ3) is 9.85. The largest absolute Gasteiger partial charge is 0.500 e. The molecule has 0 unspecified atom stereocenters. The molecular weight excluding hydrogens is 272 g/mol. The summed E-state index contributed by atoms with van der Waals surface area (Å²) in [7, 11) is 2.62. The monoisotopic (exact) mass is 306 g/mol. The average molecular weight is 307 g/mol. The smallest absolute Gasteiger partial charge is 0.377 e. The van der Waals surface area contributed by atoms with Gasteiger partial charge in [0.15, 0.2) is 0 Å². The molecular formula is C14H34N2O3Si. The highest BCUT2D eigenvalue weighted by atomic mass is 28.4. The van der Waals surface area contributed by atoms with Crippen molar-refractivity contribution in [3.63, 3.8) is 0 Å². The second-order valence-electron chi connectivity index (χ2n) is 4.96. The summed E-state index contributed by atoms with van der Waals surface area (Å²) < 4.78 is 16.1. The van der Waals surface area contributed by atoms with Crippen molar-refractivity contribution in [1.29, 1.82) is 0 Å². The van der Waals surface area contributed by atoms with E-state index in [1.165, 1.54) is 25.7 Å². The van der Waals surface area contributed by atoms with Gasteiger partial charge in [-0.2, -0.15) is 0 Å². The Hall–Kier alpha value is 0.0169. The highest BCUT2D eigenvalue weighted by molar-refractivity contribution is 6.60. The van der Waals surface area contributed by atoms with E-state index in [9.17, 15) is 0 Å². The second-order valence-corrected chi connectivity index (χ2v) is 8.05. The lowest BCUT2D eigenvalue weighted by Crippen LogP contribution is -2.43. The van der Waals surface area contributed by atoms with Gasteiger partial charge in [-0.3, -0.25) is 0 Å². The van der Waals surface area contributed by atoms with Gasteiger partial charge in [0.2, 0.25) is 0 Å². The first kappa shape index (κ1) is 20.0. The van der Waals surface area contributed by atoms with Crippen LogP contribution < -0.4 is 10.6 Å². The van der Waals surface area contributed by atoms with Crippen molar-refractivity contribution < 1.29 is 13.3 Å². The van der Waals surface area contributed by atoms with E-state index in [0.29, 0.717) is 0 Å². The fourth-order valence-electron chi connectivity index (χ4n) is 2.09. The van der Waals surface area contributed by atoms with Crippen LogP contribution in [0.15, 0.2) is 0 Å². The number of nitrogens with one attached hydrogen (secondary N) is 2. The van der Waals surface area contributed by atoms with E-state index in [0.717, 1.165) is 38.6 Å². The van der Waals surface area contributed by atoms with Crippen molar-refractivity contribution in [2.75, 3.05) is 47.5 Å². The van der Waals surface area contributed by atoms with Crippen LogP contribution in [-0.2, 0) is 13.3 Å². The predicted octanol–water partition coefficient (Wildman–Crippen LogP) is 2.01. The van der Waals surface area contributed by atoms with Crippen molar-refractivity contribution in [1.82, 2.24) is 10.6 Å². The summed E-state index contributed by atoms with van der Waals surface area (Å²) in [4.78, 5) is 0. The molecule has 0 bridgehead atoms. The highest BCUT2D eigenvalue weighted by Gasteiger charge is 2.36. The van der Waals surface area contributed by atoms with Gasteiger partial charge in [-0.1, -0.05) is 26.2 Å². The van der Waals surface area contributed by atoms with Gasteiger partial charge in [0.25, 0.3) is 0 Å². The minimum atomic E-state index is -2.37. The maximum atomic E-state index is 5.38. The van der Waals surface area contributed by atoms with Gasteiger partial charge in [-0.25, -0.2) is 0 Å². The molecule has 5 nitrogen and oxygen atoms in total. The molecule has 0 saturated carbocycles. The molecule has 2 N–H and O–H groups in total. The van der Waals surface area contributed by atoms with E-state index >= 15 is 0 Å². The first-order chi connectivity index (χ1) is 9.74. The van der Waals surface area contributed by atoms with Gasteiger partial charge in [0.1, 0.15) is 0 Å². The van der Waals surface area contributed by atoms with Crippen LogP contribution in [0.1, 0.15) is 39.0 Å². The maximum absolute atomic E-state index is 5.38. The third-order valence-corrected chi connectivity index (χ3v) is 6.29. The summed E-state index contributed by atoms with van der Waals surface area (Å²) in [5.41, 5.74) is 0. The molecule has 0 aromatic carbocycles. The molecule has 0 aromatic heterocycles. The van der Waals surface area contributed by atoms with Crippen molar-refractivity contribution in [2.45, 2.75) is 45.1 Å². The van der Waals surface area contributed by atoms with E-state index in [4.69, 9.17) is 13.3 Å². The van der Waals surface area contributed by atoms with E-state index in [2.05, 4.69) is 17.6 Å². The molecule has 0 aliphatic carbocycles. The van der Waals surface area contributed by atoms with E-state index in [1.54, 1.807) is 21.3 Å². The Bertz CT molecular complexity index is 197. The predicted molar refractivity (Wildman–Crippen MR) is 86.1 cm³/mol. The van der Waals surface area contributed by atoms with Gasteiger partial charge in [0, 0.05) is 40.5 Å². The zero-order chi connectivity index (χ0) is 15.1. The quantitative estimate of drug-likeness (QED) is 0.358. The Morgan fingerprint density at radius 1 is 0.700 bits per heavy atom. The first-order valence-electron chi connectivity index (χ1n) is 7.81. The molecule has 0 aromatic rings. The van der Waals surface area contributed by atoms with Gasteiger partial charge in [0.05, 0.1) is 0 Å². The van der Waals surface area contributed by atoms with E-state index in [1.807, 2.05) is 0 Å². The maximum Gasteiger partial charge on any atom is 0.500 e. The number of unbranched alkanes of at least 4 members (excludes halogenated alkanes) is 3. The summed E-state index contributed by atoms with van der Waals surface area (Å²) in [5, 5.41) is 6.88. The van der Waals surface area contributed by atoms with Crippen LogP contribution in [0.5, 0.6) is 0 Å². The van der Waals surface area contributed by atoms with Crippen LogP contribution in [0, 0.1) is 0 Å². The Morgan fingerprint density at radius 3 is 1.75 bits per heavy atom. The standard InChI is InChI=1S/C14H34N2O3Si/c1-5-6-7-8-10-15-12-13-16-11-9-14-20(17-2,18-3)19-4/h15-16H,5-14H2,1-4H3. The van der Waals surface area contributed by atoms with Crippen molar-refractivity contribution >= 4 is 8.80 Å². The SMILES string of the molecule is CCCCCCNCCNCCC[Si](OC)(OC)OC. The van der Waals surface area contributed by atoms with Crippen molar-refractivity contribution in [3.8, 4) is 0 Å². The fraction of sp³-hybridized carbons (Fsp3) is 1.00. The molecule has 122 valence electrons. The third-order valence-electron chi connectivity index (χ3n) is 3.46. The Kier molecular flexibility index (Phi) is 14.0. The van der Waals surface area contributed by atoms with E-state index in [-0.39, 0.29) is 0 Å². The van der Waals surface area contributed by atoms with Crippen LogP contribution in [-0.4, -0.2) is 56.3 Å². The topological polar surface area (TPSA) is 51.8 Å². The van der Waals surface area contributed by atoms with Crippen molar-refractivity contribution in [2.24, 2.45) is 0 Å². The molecule has 0 aliphatic heterocycles. The Morgan fingerprint density at radius 2 is 1.25 bits per heavy atom. The number of hydrogen-bond donors (Lipinski definition) is 2. The van der Waals surface area contributed by atoms with Gasteiger partial charge < -0.3 is 23.9 Å². The zero-order valence-corrected chi connectivity index (χ0v) is 14.8. The summed E-state index contributed by atoms with van der Waals surface area (Å²) in [6, 6.07) is 0.855. The molecule has 0 amide bonds. The highest BCUT2D eigenvalue weighted by Crippen LogP contribution is 2.14. The molecule has 0 saturated heterocycles. The summed E-state index contributed by atoms with van der Waals surface area (Å²) in [5.74, 6) is 0. The first-order valence-corrected chi connectivity index (χ1v) is 9.74. The Labute approximate surface area is 126 Å². The second kappa shape index (κ2) is 14.0. The molecule has 0 radical (unpaired) electrons. The van der Waals surface area contributed by atoms with Crippen LogP contribution in [0.4, 0.5) is 0 Å². The summed E-state index contributed by atoms with van der Waals surface area (Å²) in [6.45, 7) is 6.39. The molecule has 20 heavy (non-hydrogen) atoms.